The minimum Gasteiger partial charge on any atom is -0.478 e. The molecule has 16 heavy (non-hydrogen) atoms. The summed E-state index contributed by atoms with van der Waals surface area (Å²) in [5.41, 5.74) is 0.570. The molecule has 0 aromatic heterocycles. The third-order valence-electron chi connectivity index (χ3n) is 2.21. The van der Waals surface area contributed by atoms with Gasteiger partial charge in [0.25, 0.3) is 0 Å². The fourth-order valence-electron chi connectivity index (χ4n) is 1.22. The zero-order valence-corrected chi connectivity index (χ0v) is 9.66. The summed E-state index contributed by atoms with van der Waals surface area (Å²) in [6.07, 6.45) is 0.125. The fourth-order valence-corrected chi connectivity index (χ4v) is 1.39. The van der Waals surface area contributed by atoms with Crippen molar-refractivity contribution in [3.05, 3.63) is 28.8 Å². The normalized spacial score (nSPS) is 12.2. The molecule has 1 aromatic rings. The first kappa shape index (κ1) is 12.8. The molecule has 0 aliphatic rings. The molecule has 0 heterocycles. The van der Waals surface area contributed by atoms with E-state index in [1.807, 2.05) is 6.92 Å². The Morgan fingerprint density at radius 1 is 1.56 bits per heavy atom. The van der Waals surface area contributed by atoms with Crippen LogP contribution in [0.1, 0.15) is 23.7 Å². The average Bonchev–Trinajstić information content (AvgIpc) is 2.26. The van der Waals surface area contributed by atoms with Gasteiger partial charge < -0.3 is 15.5 Å². The number of benzene rings is 1. The summed E-state index contributed by atoms with van der Waals surface area (Å²) in [7, 11) is 0. The van der Waals surface area contributed by atoms with Crippen molar-refractivity contribution in [3.8, 4) is 0 Å². The monoisotopic (exact) mass is 243 g/mol. The second-order valence-corrected chi connectivity index (χ2v) is 3.87. The molecule has 0 bridgehead atoms. The van der Waals surface area contributed by atoms with E-state index in [0.717, 1.165) is 0 Å². The highest BCUT2D eigenvalue weighted by atomic mass is 35.5. The van der Waals surface area contributed by atoms with Crippen LogP contribution in [0.2, 0.25) is 5.02 Å². The molecule has 1 atom stereocenters. The third-order valence-corrected chi connectivity index (χ3v) is 2.45. The van der Waals surface area contributed by atoms with Crippen LogP contribution in [0.4, 0.5) is 5.69 Å². The summed E-state index contributed by atoms with van der Waals surface area (Å²) in [6.45, 7) is 2.17. The van der Waals surface area contributed by atoms with Gasteiger partial charge in [-0.15, -0.1) is 0 Å². The SMILES string of the molecule is CCC(O)CNc1ccc(Cl)cc1C(=O)O. The van der Waals surface area contributed by atoms with Crippen molar-refractivity contribution in [1.29, 1.82) is 0 Å². The Kier molecular flexibility index (Phi) is 4.58. The first-order chi connectivity index (χ1) is 7.54. The largest absolute Gasteiger partial charge is 0.478 e. The average molecular weight is 244 g/mol. The van der Waals surface area contributed by atoms with Gasteiger partial charge in [-0.25, -0.2) is 4.79 Å². The summed E-state index contributed by atoms with van der Waals surface area (Å²) in [6, 6.07) is 4.58. The van der Waals surface area contributed by atoms with Crippen LogP contribution in [0, 0.1) is 0 Å². The number of anilines is 1. The second-order valence-electron chi connectivity index (χ2n) is 3.44. The molecule has 88 valence electrons. The molecule has 0 radical (unpaired) electrons. The molecular weight excluding hydrogens is 230 g/mol. The number of hydrogen-bond acceptors (Lipinski definition) is 3. The maximum absolute atomic E-state index is 10.9. The second kappa shape index (κ2) is 5.72. The van der Waals surface area contributed by atoms with Crippen molar-refractivity contribution < 1.29 is 15.0 Å². The first-order valence-electron chi connectivity index (χ1n) is 4.99. The highest BCUT2D eigenvalue weighted by Crippen LogP contribution is 2.20. The highest BCUT2D eigenvalue weighted by molar-refractivity contribution is 6.31. The minimum absolute atomic E-state index is 0.107. The lowest BCUT2D eigenvalue weighted by Crippen LogP contribution is -2.19. The standard InChI is InChI=1S/C11H14ClNO3/c1-2-8(14)6-13-10-4-3-7(12)5-9(10)11(15)16/h3-5,8,13-14H,2,6H2,1H3,(H,15,16). The zero-order chi connectivity index (χ0) is 12.1. The van der Waals surface area contributed by atoms with Gasteiger partial charge in [0.15, 0.2) is 0 Å². The predicted octanol–water partition coefficient (Wildman–Crippen LogP) is 2.22. The predicted molar refractivity (Wildman–Crippen MR) is 63.2 cm³/mol. The number of aliphatic hydroxyl groups is 1. The first-order valence-corrected chi connectivity index (χ1v) is 5.37. The Morgan fingerprint density at radius 3 is 2.81 bits per heavy atom. The number of hydrogen-bond donors (Lipinski definition) is 3. The number of carbonyl (C=O) groups is 1. The Hall–Kier alpha value is -1.26. The molecular formula is C11H14ClNO3. The van der Waals surface area contributed by atoms with Crippen LogP contribution < -0.4 is 5.32 Å². The van der Waals surface area contributed by atoms with E-state index in [0.29, 0.717) is 23.7 Å². The van der Waals surface area contributed by atoms with E-state index in [9.17, 15) is 9.90 Å². The molecule has 0 fully saturated rings. The van der Waals surface area contributed by atoms with Crippen LogP contribution in [0.3, 0.4) is 0 Å². The van der Waals surface area contributed by atoms with Crippen molar-refractivity contribution >= 4 is 23.3 Å². The van der Waals surface area contributed by atoms with Crippen molar-refractivity contribution in [1.82, 2.24) is 0 Å². The molecule has 5 heteroatoms. The summed E-state index contributed by atoms with van der Waals surface area (Å²) in [5.74, 6) is -1.05. The summed E-state index contributed by atoms with van der Waals surface area (Å²) < 4.78 is 0. The molecule has 0 aliphatic carbocycles. The van der Waals surface area contributed by atoms with E-state index >= 15 is 0 Å². The van der Waals surface area contributed by atoms with Crippen LogP contribution in [-0.4, -0.2) is 28.8 Å². The van der Waals surface area contributed by atoms with Crippen molar-refractivity contribution in [3.63, 3.8) is 0 Å². The third kappa shape index (κ3) is 3.40. The van der Waals surface area contributed by atoms with Crippen LogP contribution in [-0.2, 0) is 0 Å². The lowest BCUT2D eigenvalue weighted by Gasteiger charge is -2.12. The minimum atomic E-state index is -1.05. The molecule has 1 aromatic carbocycles. The maximum atomic E-state index is 10.9. The molecule has 0 spiro atoms. The van der Waals surface area contributed by atoms with E-state index in [2.05, 4.69) is 5.32 Å². The molecule has 0 saturated heterocycles. The van der Waals surface area contributed by atoms with E-state index in [-0.39, 0.29) is 5.56 Å². The van der Waals surface area contributed by atoms with Crippen LogP contribution in [0.15, 0.2) is 18.2 Å². The smallest absolute Gasteiger partial charge is 0.337 e. The lowest BCUT2D eigenvalue weighted by molar-refractivity contribution is 0.0697. The van der Waals surface area contributed by atoms with Crippen molar-refractivity contribution in [2.24, 2.45) is 0 Å². The number of aliphatic hydroxyl groups excluding tert-OH is 1. The van der Waals surface area contributed by atoms with Gasteiger partial charge in [0.2, 0.25) is 0 Å². The number of halogens is 1. The Morgan fingerprint density at radius 2 is 2.25 bits per heavy atom. The lowest BCUT2D eigenvalue weighted by atomic mass is 10.1. The highest BCUT2D eigenvalue weighted by Gasteiger charge is 2.11. The molecule has 1 unspecified atom stereocenters. The van der Waals surface area contributed by atoms with E-state index in [4.69, 9.17) is 16.7 Å². The van der Waals surface area contributed by atoms with Gasteiger partial charge in [-0.2, -0.15) is 0 Å². The topological polar surface area (TPSA) is 69.6 Å². The number of carboxylic acids is 1. The van der Waals surface area contributed by atoms with Crippen molar-refractivity contribution in [2.45, 2.75) is 19.4 Å². The van der Waals surface area contributed by atoms with Crippen LogP contribution in [0.5, 0.6) is 0 Å². The summed E-state index contributed by atoms with van der Waals surface area (Å²) >= 11 is 5.71. The van der Waals surface area contributed by atoms with Crippen LogP contribution >= 0.6 is 11.6 Å². The molecule has 4 nitrogen and oxygen atoms in total. The summed E-state index contributed by atoms with van der Waals surface area (Å²) in [5, 5.41) is 21.6. The van der Waals surface area contributed by atoms with Gasteiger partial charge in [0, 0.05) is 17.3 Å². The van der Waals surface area contributed by atoms with E-state index < -0.39 is 12.1 Å². The molecule has 0 saturated carbocycles. The van der Waals surface area contributed by atoms with Gasteiger partial charge in [0.1, 0.15) is 0 Å². The number of aromatic carboxylic acids is 1. The van der Waals surface area contributed by atoms with Crippen LogP contribution in [0.25, 0.3) is 0 Å². The zero-order valence-electron chi connectivity index (χ0n) is 8.90. The summed E-state index contributed by atoms with van der Waals surface area (Å²) in [4.78, 5) is 10.9. The fraction of sp³-hybridized carbons (Fsp3) is 0.364. The molecule has 3 N–H and O–H groups in total. The van der Waals surface area contributed by atoms with E-state index in [1.165, 1.54) is 6.07 Å². The molecule has 0 aliphatic heterocycles. The Labute approximate surface area is 98.9 Å². The van der Waals surface area contributed by atoms with Crippen molar-refractivity contribution in [2.75, 3.05) is 11.9 Å². The number of rotatable bonds is 5. The van der Waals surface area contributed by atoms with E-state index in [1.54, 1.807) is 12.1 Å². The van der Waals surface area contributed by atoms with Gasteiger partial charge >= 0.3 is 5.97 Å². The maximum Gasteiger partial charge on any atom is 0.337 e. The number of nitrogens with one attached hydrogen (secondary N) is 1. The Balaban J connectivity index is 2.82. The molecule has 1 rings (SSSR count). The van der Waals surface area contributed by atoms with Gasteiger partial charge in [-0.3, -0.25) is 0 Å². The van der Waals surface area contributed by atoms with Gasteiger partial charge in [-0.05, 0) is 24.6 Å². The molecule has 0 amide bonds. The van der Waals surface area contributed by atoms with Gasteiger partial charge in [-0.1, -0.05) is 18.5 Å². The number of carboxylic acid groups (broad SMARTS) is 1. The van der Waals surface area contributed by atoms with Gasteiger partial charge in [0.05, 0.1) is 11.7 Å². The Bertz CT molecular complexity index is 381. The quantitative estimate of drug-likeness (QED) is 0.742.